The minimum absolute atomic E-state index is 0.0171. The number of nitrogen functional groups attached to an aromatic ring is 1. The standard InChI is InChI=1S/C12H9ClN4O2S/c13-9-3-4-16-7-11(9)17-20(18,19)12-2-1-8(6-14)5-10(12)15/h1-5,7,17H,15H2. The molecule has 0 aliphatic heterocycles. The van der Waals surface area contributed by atoms with Gasteiger partial charge in [0.05, 0.1) is 34.2 Å². The summed E-state index contributed by atoms with van der Waals surface area (Å²) in [5, 5.41) is 8.95. The second-order valence-corrected chi connectivity index (χ2v) is 5.88. The molecule has 0 atom stereocenters. The summed E-state index contributed by atoms with van der Waals surface area (Å²) in [5.74, 6) is 0. The van der Waals surface area contributed by atoms with Crippen molar-refractivity contribution in [3.63, 3.8) is 0 Å². The van der Waals surface area contributed by atoms with Crippen molar-refractivity contribution in [3.05, 3.63) is 47.2 Å². The lowest BCUT2D eigenvalue weighted by Crippen LogP contribution is -2.15. The lowest BCUT2D eigenvalue weighted by atomic mass is 10.2. The van der Waals surface area contributed by atoms with E-state index in [1.807, 2.05) is 6.07 Å². The van der Waals surface area contributed by atoms with Crippen molar-refractivity contribution in [1.29, 1.82) is 5.26 Å². The van der Waals surface area contributed by atoms with Crippen LogP contribution < -0.4 is 10.5 Å². The van der Waals surface area contributed by atoms with Crippen LogP contribution in [0.2, 0.25) is 5.02 Å². The van der Waals surface area contributed by atoms with Crippen LogP contribution in [-0.4, -0.2) is 13.4 Å². The van der Waals surface area contributed by atoms with Crippen LogP contribution in [0.5, 0.6) is 0 Å². The lowest BCUT2D eigenvalue weighted by Gasteiger charge is -2.10. The topological polar surface area (TPSA) is 109 Å². The van der Waals surface area contributed by atoms with Crippen LogP contribution in [0, 0.1) is 11.3 Å². The number of halogens is 1. The molecule has 0 radical (unpaired) electrons. The van der Waals surface area contributed by atoms with Gasteiger partial charge in [-0.15, -0.1) is 0 Å². The van der Waals surface area contributed by atoms with Crippen molar-refractivity contribution in [2.75, 3.05) is 10.5 Å². The molecule has 1 aromatic carbocycles. The van der Waals surface area contributed by atoms with Gasteiger partial charge in [-0.3, -0.25) is 9.71 Å². The van der Waals surface area contributed by atoms with Gasteiger partial charge in [-0.25, -0.2) is 8.42 Å². The van der Waals surface area contributed by atoms with Gasteiger partial charge in [-0.1, -0.05) is 11.6 Å². The van der Waals surface area contributed by atoms with Gasteiger partial charge in [-0.05, 0) is 24.3 Å². The van der Waals surface area contributed by atoms with Gasteiger partial charge in [-0.2, -0.15) is 5.26 Å². The summed E-state index contributed by atoms with van der Waals surface area (Å²) in [4.78, 5) is 3.66. The third kappa shape index (κ3) is 2.82. The zero-order chi connectivity index (χ0) is 14.8. The summed E-state index contributed by atoms with van der Waals surface area (Å²) in [5.41, 5.74) is 6.07. The van der Waals surface area contributed by atoms with Gasteiger partial charge in [0.15, 0.2) is 0 Å². The Bertz CT molecular complexity index is 799. The van der Waals surface area contributed by atoms with Gasteiger partial charge < -0.3 is 5.73 Å². The van der Waals surface area contributed by atoms with Crippen molar-refractivity contribution in [2.45, 2.75) is 4.90 Å². The molecule has 102 valence electrons. The first-order valence-corrected chi connectivity index (χ1v) is 7.22. The molecule has 8 heteroatoms. The Morgan fingerprint density at radius 2 is 2.10 bits per heavy atom. The number of nitrogens with one attached hydrogen (secondary N) is 1. The quantitative estimate of drug-likeness (QED) is 0.843. The Morgan fingerprint density at radius 3 is 2.70 bits per heavy atom. The molecule has 0 saturated carbocycles. The van der Waals surface area contributed by atoms with Crippen LogP contribution in [0.15, 0.2) is 41.6 Å². The van der Waals surface area contributed by atoms with Gasteiger partial charge in [0.1, 0.15) is 4.90 Å². The second kappa shape index (κ2) is 5.36. The van der Waals surface area contributed by atoms with Crippen molar-refractivity contribution in [2.24, 2.45) is 0 Å². The summed E-state index contributed by atoms with van der Waals surface area (Å²) in [6.07, 6.45) is 2.73. The average Bonchev–Trinajstić information content (AvgIpc) is 2.40. The van der Waals surface area contributed by atoms with Crippen LogP contribution in [-0.2, 0) is 10.0 Å². The number of benzene rings is 1. The highest BCUT2D eigenvalue weighted by Crippen LogP contribution is 2.25. The SMILES string of the molecule is N#Cc1ccc(S(=O)(=O)Nc2cnccc2Cl)c(N)c1. The summed E-state index contributed by atoms with van der Waals surface area (Å²) in [6.45, 7) is 0. The van der Waals surface area contributed by atoms with Crippen molar-refractivity contribution < 1.29 is 8.42 Å². The summed E-state index contributed by atoms with van der Waals surface area (Å²) in [7, 11) is -3.90. The molecule has 0 aliphatic rings. The van der Waals surface area contributed by atoms with Crippen LogP contribution in [0.25, 0.3) is 0 Å². The molecular formula is C12H9ClN4O2S. The first-order chi connectivity index (χ1) is 9.44. The van der Waals surface area contributed by atoms with Crippen molar-refractivity contribution in [1.82, 2.24) is 4.98 Å². The normalized spacial score (nSPS) is 10.8. The zero-order valence-corrected chi connectivity index (χ0v) is 11.6. The van der Waals surface area contributed by atoms with E-state index in [-0.39, 0.29) is 26.9 Å². The molecule has 0 saturated heterocycles. The van der Waals surface area contributed by atoms with E-state index in [1.54, 1.807) is 0 Å². The highest BCUT2D eigenvalue weighted by molar-refractivity contribution is 7.92. The first-order valence-electron chi connectivity index (χ1n) is 5.36. The zero-order valence-electron chi connectivity index (χ0n) is 10.0. The molecule has 0 aliphatic carbocycles. The monoisotopic (exact) mass is 308 g/mol. The van der Waals surface area contributed by atoms with Crippen LogP contribution >= 0.6 is 11.6 Å². The van der Waals surface area contributed by atoms with Gasteiger partial charge in [0.2, 0.25) is 0 Å². The summed E-state index contributed by atoms with van der Waals surface area (Å²) < 4.78 is 26.7. The number of aromatic nitrogens is 1. The fourth-order valence-corrected chi connectivity index (χ4v) is 2.90. The number of nitriles is 1. The van der Waals surface area contributed by atoms with E-state index in [4.69, 9.17) is 22.6 Å². The number of hydrogen-bond acceptors (Lipinski definition) is 5. The van der Waals surface area contributed by atoms with Gasteiger partial charge in [0, 0.05) is 6.20 Å². The van der Waals surface area contributed by atoms with Crippen LogP contribution in [0.3, 0.4) is 0 Å². The number of nitrogens with zero attached hydrogens (tertiary/aromatic N) is 2. The fraction of sp³-hybridized carbons (Fsp3) is 0. The number of nitrogens with two attached hydrogens (primary N) is 1. The molecule has 6 nitrogen and oxygen atoms in total. The van der Waals surface area contributed by atoms with E-state index in [9.17, 15) is 8.42 Å². The molecule has 20 heavy (non-hydrogen) atoms. The molecule has 3 N–H and O–H groups in total. The molecular weight excluding hydrogens is 300 g/mol. The Balaban J connectivity index is 2.42. The predicted molar refractivity (Wildman–Crippen MR) is 75.6 cm³/mol. The summed E-state index contributed by atoms with van der Waals surface area (Å²) >= 11 is 5.86. The number of pyridine rings is 1. The third-order valence-electron chi connectivity index (χ3n) is 2.44. The molecule has 0 bridgehead atoms. The molecule has 1 aromatic heterocycles. The molecule has 0 fully saturated rings. The number of rotatable bonds is 3. The highest BCUT2D eigenvalue weighted by Gasteiger charge is 2.19. The minimum Gasteiger partial charge on any atom is -0.398 e. The Morgan fingerprint density at radius 1 is 1.35 bits per heavy atom. The van der Waals surface area contributed by atoms with Gasteiger partial charge >= 0.3 is 0 Å². The van der Waals surface area contributed by atoms with Crippen molar-refractivity contribution >= 4 is 33.0 Å². The molecule has 0 unspecified atom stereocenters. The first kappa shape index (κ1) is 14.1. The average molecular weight is 309 g/mol. The molecule has 2 rings (SSSR count). The Labute approximate surface area is 120 Å². The second-order valence-electron chi connectivity index (χ2n) is 3.83. The predicted octanol–water partition coefficient (Wildman–Crippen LogP) is 1.99. The maximum absolute atomic E-state index is 12.2. The third-order valence-corrected chi connectivity index (χ3v) is 4.21. The van der Waals surface area contributed by atoms with Gasteiger partial charge in [0.25, 0.3) is 10.0 Å². The van der Waals surface area contributed by atoms with Crippen LogP contribution in [0.1, 0.15) is 5.56 Å². The van der Waals surface area contributed by atoms with E-state index in [2.05, 4.69) is 9.71 Å². The summed E-state index contributed by atoms with van der Waals surface area (Å²) in [6, 6.07) is 7.27. The molecule has 2 aromatic rings. The number of anilines is 2. The van der Waals surface area contributed by atoms with E-state index >= 15 is 0 Å². The maximum Gasteiger partial charge on any atom is 0.264 e. The van der Waals surface area contributed by atoms with E-state index in [0.29, 0.717) is 0 Å². The Kier molecular flexibility index (Phi) is 3.79. The fourth-order valence-electron chi connectivity index (χ4n) is 1.52. The van der Waals surface area contributed by atoms with E-state index in [0.717, 1.165) is 0 Å². The lowest BCUT2D eigenvalue weighted by molar-refractivity contribution is 0.601. The number of sulfonamides is 1. The van der Waals surface area contributed by atoms with Crippen LogP contribution in [0.4, 0.5) is 11.4 Å². The Hall–Kier alpha value is -2.30. The highest BCUT2D eigenvalue weighted by atomic mass is 35.5. The van der Waals surface area contributed by atoms with Crippen molar-refractivity contribution in [3.8, 4) is 6.07 Å². The molecule has 0 spiro atoms. The minimum atomic E-state index is -3.90. The maximum atomic E-state index is 12.2. The molecule has 1 heterocycles. The molecule has 0 amide bonds. The number of hydrogen-bond donors (Lipinski definition) is 2. The largest absolute Gasteiger partial charge is 0.398 e. The van der Waals surface area contributed by atoms with E-state index < -0.39 is 10.0 Å². The smallest absolute Gasteiger partial charge is 0.264 e. The van der Waals surface area contributed by atoms with E-state index in [1.165, 1.54) is 36.7 Å².